The van der Waals surface area contributed by atoms with Crippen molar-refractivity contribution in [2.75, 3.05) is 0 Å². The summed E-state index contributed by atoms with van der Waals surface area (Å²) in [6.45, 7) is 5.35. The Morgan fingerprint density at radius 1 is 1.33 bits per heavy atom. The van der Waals surface area contributed by atoms with E-state index in [0.717, 1.165) is 5.39 Å². The normalized spacial score (nSPS) is 13.0. The van der Waals surface area contributed by atoms with E-state index >= 15 is 0 Å². The molecule has 0 aliphatic carbocycles. The fraction of sp³-hybridized carbons (Fsp3) is 0.333. The van der Waals surface area contributed by atoms with Crippen LogP contribution in [0.15, 0.2) is 30.5 Å². The van der Waals surface area contributed by atoms with Crippen LogP contribution in [0.2, 0.25) is 5.02 Å². The first-order valence-electron chi connectivity index (χ1n) is 6.39. The van der Waals surface area contributed by atoms with E-state index in [1.165, 1.54) is 0 Å². The summed E-state index contributed by atoms with van der Waals surface area (Å²) in [4.78, 5) is 16.1. The average Bonchev–Trinajstić information content (AvgIpc) is 2.40. The van der Waals surface area contributed by atoms with Crippen molar-refractivity contribution >= 4 is 41.1 Å². The Hall–Kier alpha value is -1.46. The maximum Gasteiger partial charge on any atom is 0.358 e. The number of nitrogens with zero attached hydrogens (tertiary/aromatic N) is 1. The first-order valence-corrected chi connectivity index (χ1v) is 7.28. The molecule has 0 aliphatic heterocycles. The van der Waals surface area contributed by atoms with Crippen LogP contribution in [-0.4, -0.2) is 22.0 Å². The van der Waals surface area contributed by atoms with Gasteiger partial charge in [0.2, 0.25) is 5.44 Å². The molecule has 1 unspecified atom stereocenters. The molecule has 0 amide bonds. The quantitative estimate of drug-likeness (QED) is 0.529. The lowest BCUT2D eigenvalue weighted by molar-refractivity contribution is -0.158. The fourth-order valence-electron chi connectivity index (χ4n) is 1.73. The van der Waals surface area contributed by atoms with Crippen molar-refractivity contribution in [3.63, 3.8) is 0 Å². The third kappa shape index (κ3) is 4.02. The van der Waals surface area contributed by atoms with E-state index < -0.39 is 17.0 Å². The molecule has 21 heavy (non-hydrogen) atoms. The number of benzene rings is 1. The molecule has 0 aliphatic rings. The van der Waals surface area contributed by atoms with E-state index in [2.05, 4.69) is 17.6 Å². The number of hydrogen-bond acceptors (Lipinski definition) is 5. The van der Waals surface area contributed by atoms with Gasteiger partial charge >= 0.3 is 5.97 Å². The van der Waals surface area contributed by atoms with Gasteiger partial charge in [-0.05, 0) is 45.0 Å². The van der Waals surface area contributed by atoms with Crippen LogP contribution < -0.4 is 4.74 Å². The Kier molecular flexibility index (Phi) is 4.64. The summed E-state index contributed by atoms with van der Waals surface area (Å²) in [5, 5.41) is 1.32. The lowest BCUT2D eigenvalue weighted by Gasteiger charge is -2.22. The van der Waals surface area contributed by atoms with Crippen molar-refractivity contribution in [1.82, 2.24) is 4.98 Å². The highest BCUT2D eigenvalue weighted by atomic mass is 35.5. The standard InChI is InChI=1S/C15H16ClNO3S/c1-15(2,3)20-13(18)14(21)19-11-7-6-10(16)9-5-4-8-17-12(9)11/h4-8,14,21H,1-3H3. The Labute approximate surface area is 133 Å². The highest BCUT2D eigenvalue weighted by Crippen LogP contribution is 2.30. The molecule has 1 heterocycles. The Bertz CT molecular complexity index is 670. The zero-order valence-electron chi connectivity index (χ0n) is 12.0. The number of aromatic nitrogens is 1. The summed E-state index contributed by atoms with van der Waals surface area (Å²) in [5.74, 6) is -0.120. The van der Waals surface area contributed by atoms with E-state index in [9.17, 15) is 4.79 Å². The van der Waals surface area contributed by atoms with Gasteiger partial charge in [-0.2, -0.15) is 0 Å². The molecule has 0 fully saturated rings. The summed E-state index contributed by atoms with van der Waals surface area (Å²) in [7, 11) is 0. The molecule has 1 aromatic heterocycles. The van der Waals surface area contributed by atoms with Crippen molar-refractivity contribution in [3.8, 4) is 5.75 Å². The smallest absolute Gasteiger partial charge is 0.358 e. The van der Waals surface area contributed by atoms with Gasteiger partial charge in [0.1, 0.15) is 16.9 Å². The Morgan fingerprint density at radius 2 is 2.05 bits per heavy atom. The van der Waals surface area contributed by atoms with Crippen molar-refractivity contribution in [2.45, 2.75) is 31.8 Å². The first kappa shape index (κ1) is 15.9. The molecule has 0 saturated heterocycles. The summed E-state index contributed by atoms with van der Waals surface area (Å²) < 4.78 is 10.8. The first-order chi connectivity index (χ1) is 9.78. The van der Waals surface area contributed by atoms with Crippen LogP contribution in [0.4, 0.5) is 0 Å². The monoisotopic (exact) mass is 325 g/mol. The maximum absolute atomic E-state index is 11.9. The van der Waals surface area contributed by atoms with Gasteiger partial charge in [-0.1, -0.05) is 11.6 Å². The van der Waals surface area contributed by atoms with E-state index in [-0.39, 0.29) is 0 Å². The van der Waals surface area contributed by atoms with Gasteiger partial charge in [-0.3, -0.25) is 4.98 Å². The van der Waals surface area contributed by atoms with Crippen LogP contribution in [0.25, 0.3) is 10.9 Å². The number of pyridine rings is 1. The zero-order valence-corrected chi connectivity index (χ0v) is 13.6. The van der Waals surface area contributed by atoms with Gasteiger partial charge in [-0.15, -0.1) is 12.6 Å². The predicted molar refractivity (Wildman–Crippen MR) is 86.0 cm³/mol. The van der Waals surface area contributed by atoms with Crippen LogP contribution in [0.5, 0.6) is 5.75 Å². The molecule has 0 bridgehead atoms. The fourth-order valence-corrected chi connectivity index (χ4v) is 2.11. The SMILES string of the molecule is CC(C)(C)OC(=O)C(S)Oc1ccc(Cl)c2cccnc12. The largest absolute Gasteiger partial charge is 0.466 e. The number of carbonyl (C=O) groups excluding carboxylic acids is 1. The average molecular weight is 326 g/mol. The third-order valence-electron chi connectivity index (χ3n) is 2.53. The van der Waals surface area contributed by atoms with Gasteiger partial charge in [0, 0.05) is 11.6 Å². The number of esters is 1. The van der Waals surface area contributed by atoms with Crippen molar-refractivity contribution in [1.29, 1.82) is 0 Å². The van der Waals surface area contributed by atoms with Gasteiger partial charge in [0.05, 0.1) is 5.02 Å². The molecular weight excluding hydrogens is 310 g/mol. The highest BCUT2D eigenvalue weighted by molar-refractivity contribution is 7.81. The minimum Gasteiger partial charge on any atom is -0.466 e. The van der Waals surface area contributed by atoms with Gasteiger partial charge in [0.25, 0.3) is 0 Å². The Morgan fingerprint density at radius 3 is 2.71 bits per heavy atom. The Balaban J connectivity index is 2.24. The summed E-state index contributed by atoms with van der Waals surface area (Å²) >= 11 is 10.3. The second-order valence-electron chi connectivity index (χ2n) is 5.45. The number of rotatable bonds is 3. The summed E-state index contributed by atoms with van der Waals surface area (Å²) in [5.41, 5.74) is -1.05. The van der Waals surface area contributed by atoms with E-state index in [1.54, 1.807) is 45.2 Å². The van der Waals surface area contributed by atoms with E-state index in [1.807, 2.05) is 6.07 Å². The molecule has 1 atom stereocenters. The summed E-state index contributed by atoms with van der Waals surface area (Å²) in [6, 6.07) is 6.96. The van der Waals surface area contributed by atoms with Crippen LogP contribution >= 0.6 is 24.2 Å². The van der Waals surface area contributed by atoms with Crippen LogP contribution in [-0.2, 0) is 9.53 Å². The molecule has 0 saturated carbocycles. The van der Waals surface area contributed by atoms with Crippen LogP contribution in [0.3, 0.4) is 0 Å². The number of thiol groups is 1. The molecule has 112 valence electrons. The minimum atomic E-state index is -1.03. The highest BCUT2D eigenvalue weighted by Gasteiger charge is 2.24. The van der Waals surface area contributed by atoms with Crippen LogP contribution in [0, 0.1) is 0 Å². The number of fused-ring (bicyclic) bond motifs is 1. The number of carbonyl (C=O) groups is 1. The molecule has 4 nitrogen and oxygen atoms in total. The molecular formula is C15H16ClNO3S. The molecule has 2 aromatic rings. The summed E-state index contributed by atoms with van der Waals surface area (Å²) in [6.07, 6.45) is 1.63. The number of ether oxygens (including phenoxy) is 2. The lowest BCUT2D eigenvalue weighted by Crippen LogP contribution is -2.32. The van der Waals surface area contributed by atoms with Crippen molar-refractivity contribution in [2.24, 2.45) is 0 Å². The van der Waals surface area contributed by atoms with E-state index in [0.29, 0.717) is 16.3 Å². The predicted octanol–water partition coefficient (Wildman–Crippen LogP) is 3.86. The maximum atomic E-state index is 11.9. The zero-order chi connectivity index (χ0) is 15.6. The molecule has 0 spiro atoms. The van der Waals surface area contributed by atoms with Crippen LogP contribution in [0.1, 0.15) is 20.8 Å². The lowest BCUT2D eigenvalue weighted by atomic mass is 10.2. The molecule has 0 radical (unpaired) electrons. The topological polar surface area (TPSA) is 48.4 Å². The van der Waals surface area contributed by atoms with Gasteiger partial charge in [0.15, 0.2) is 0 Å². The van der Waals surface area contributed by atoms with Gasteiger partial charge < -0.3 is 9.47 Å². The number of halogens is 1. The molecule has 2 rings (SSSR count). The van der Waals surface area contributed by atoms with Crippen molar-refractivity contribution < 1.29 is 14.3 Å². The minimum absolute atomic E-state index is 0.431. The molecule has 6 heteroatoms. The second kappa shape index (κ2) is 6.12. The number of hydrogen-bond donors (Lipinski definition) is 1. The second-order valence-corrected chi connectivity index (χ2v) is 6.32. The molecule has 0 N–H and O–H groups in total. The molecule has 1 aromatic carbocycles. The van der Waals surface area contributed by atoms with Crippen molar-refractivity contribution in [3.05, 3.63) is 35.5 Å². The third-order valence-corrected chi connectivity index (χ3v) is 3.17. The van der Waals surface area contributed by atoms with E-state index in [4.69, 9.17) is 21.1 Å². The van der Waals surface area contributed by atoms with Gasteiger partial charge in [-0.25, -0.2) is 4.79 Å².